The van der Waals surface area contributed by atoms with E-state index in [2.05, 4.69) is 6.92 Å². The number of fused-ring (bicyclic) bond motifs is 1. The smallest absolute Gasteiger partial charge is 0.338 e. The minimum atomic E-state index is -0.264. The maximum absolute atomic E-state index is 12.3. The molecule has 2 unspecified atom stereocenters. The van der Waals surface area contributed by atoms with Crippen molar-refractivity contribution in [3.8, 4) is 0 Å². The van der Waals surface area contributed by atoms with Crippen LogP contribution in [0, 0.1) is 5.41 Å². The topological polar surface area (TPSA) is 43.4 Å². The predicted molar refractivity (Wildman–Crippen MR) is 79.9 cm³/mol. The van der Waals surface area contributed by atoms with Crippen LogP contribution in [0.5, 0.6) is 0 Å². The molecule has 3 heteroatoms. The molecule has 1 saturated carbocycles. The van der Waals surface area contributed by atoms with Gasteiger partial charge in [0.1, 0.15) is 6.10 Å². The highest BCUT2D eigenvalue weighted by Crippen LogP contribution is 2.48. The average molecular weight is 284 g/mol. The van der Waals surface area contributed by atoms with Crippen LogP contribution >= 0.6 is 0 Å². The Balaban J connectivity index is 1.80. The van der Waals surface area contributed by atoms with Crippen molar-refractivity contribution < 1.29 is 14.3 Å². The number of carbonyl (C=O) groups is 2. The van der Waals surface area contributed by atoms with E-state index >= 15 is 0 Å². The molecule has 0 N–H and O–H groups in total. The first-order valence-corrected chi connectivity index (χ1v) is 7.59. The molecule has 0 bridgehead atoms. The lowest BCUT2D eigenvalue weighted by atomic mass is 9.64. The molecular formula is C18H20O3. The first-order chi connectivity index (χ1) is 10.1. The molecule has 0 radical (unpaired) electrons. The maximum atomic E-state index is 12.3. The number of allylic oxidation sites excluding steroid dienone is 1. The van der Waals surface area contributed by atoms with Gasteiger partial charge in [0.05, 0.1) is 5.56 Å². The van der Waals surface area contributed by atoms with Crippen molar-refractivity contribution in [1.82, 2.24) is 0 Å². The maximum Gasteiger partial charge on any atom is 0.338 e. The van der Waals surface area contributed by atoms with E-state index in [0.29, 0.717) is 12.0 Å². The molecule has 2 aliphatic carbocycles. The molecule has 0 spiro atoms. The van der Waals surface area contributed by atoms with Crippen LogP contribution in [0.15, 0.2) is 42.0 Å². The van der Waals surface area contributed by atoms with Gasteiger partial charge in [0.25, 0.3) is 0 Å². The average Bonchev–Trinajstić information content (AvgIpc) is 2.50. The molecule has 0 saturated heterocycles. The third kappa shape index (κ3) is 2.65. The second-order valence-corrected chi connectivity index (χ2v) is 6.21. The quantitative estimate of drug-likeness (QED) is 0.778. The highest BCUT2D eigenvalue weighted by atomic mass is 16.5. The van der Waals surface area contributed by atoms with Gasteiger partial charge in [-0.15, -0.1) is 0 Å². The monoisotopic (exact) mass is 284 g/mol. The summed E-state index contributed by atoms with van der Waals surface area (Å²) in [4.78, 5) is 23.9. The van der Waals surface area contributed by atoms with Crippen molar-refractivity contribution in [2.75, 3.05) is 0 Å². The Morgan fingerprint density at radius 2 is 2.00 bits per heavy atom. The van der Waals surface area contributed by atoms with Crippen molar-refractivity contribution in [3.05, 3.63) is 47.5 Å². The van der Waals surface area contributed by atoms with Crippen molar-refractivity contribution in [2.45, 2.75) is 45.1 Å². The van der Waals surface area contributed by atoms with Gasteiger partial charge in [0.15, 0.2) is 5.78 Å². The molecule has 0 amide bonds. The molecule has 21 heavy (non-hydrogen) atoms. The lowest BCUT2D eigenvalue weighted by Gasteiger charge is -2.44. The molecule has 1 aromatic rings. The van der Waals surface area contributed by atoms with E-state index in [1.807, 2.05) is 18.2 Å². The summed E-state index contributed by atoms with van der Waals surface area (Å²) in [7, 11) is 0. The SMILES string of the molecule is CC12CCC(=O)C=C1CCCC2OC(=O)c1ccccc1. The minimum Gasteiger partial charge on any atom is -0.458 e. The Bertz CT molecular complexity index is 588. The summed E-state index contributed by atoms with van der Waals surface area (Å²) in [6.45, 7) is 2.13. The van der Waals surface area contributed by atoms with Gasteiger partial charge in [-0.05, 0) is 43.9 Å². The van der Waals surface area contributed by atoms with Crippen LogP contribution < -0.4 is 0 Å². The zero-order valence-corrected chi connectivity index (χ0v) is 12.3. The molecule has 2 atom stereocenters. The molecule has 1 fully saturated rings. The Hall–Kier alpha value is -1.90. The molecule has 0 aliphatic heterocycles. The largest absolute Gasteiger partial charge is 0.458 e. The van der Waals surface area contributed by atoms with Gasteiger partial charge >= 0.3 is 5.97 Å². The van der Waals surface area contributed by atoms with E-state index in [9.17, 15) is 9.59 Å². The van der Waals surface area contributed by atoms with E-state index in [1.54, 1.807) is 18.2 Å². The normalized spacial score (nSPS) is 28.5. The van der Waals surface area contributed by atoms with E-state index in [4.69, 9.17) is 4.74 Å². The van der Waals surface area contributed by atoms with E-state index < -0.39 is 0 Å². The summed E-state index contributed by atoms with van der Waals surface area (Å²) in [5, 5.41) is 0. The summed E-state index contributed by atoms with van der Waals surface area (Å²) in [6, 6.07) is 9.10. The molecule has 2 aliphatic rings. The van der Waals surface area contributed by atoms with Gasteiger partial charge in [-0.1, -0.05) is 30.7 Å². The Morgan fingerprint density at radius 3 is 2.76 bits per heavy atom. The lowest BCUT2D eigenvalue weighted by molar-refractivity contribution is -0.116. The van der Waals surface area contributed by atoms with Crippen LogP contribution in [0.2, 0.25) is 0 Å². The van der Waals surface area contributed by atoms with Crippen molar-refractivity contribution >= 4 is 11.8 Å². The van der Waals surface area contributed by atoms with Crippen LogP contribution in [0.1, 0.15) is 49.4 Å². The zero-order chi connectivity index (χ0) is 14.9. The fraction of sp³-hybridized carbons (Fsp3) is 0.444. The Labute approximate surface area is 125 Å². The van der Waals surface area contributed by atoms with Crippen molar-refractivity contribution in [2.24, 2.45) is 5.41 Å². The number of hydrogen-bond donors (Lipinski definition) is 0. The number of benzene rings is 1. The molecule has 3 rings (SSSR count). The van der Waals surface area contributed by atoms with Crippen molar-refractivity contribution in [1.29, 1.82) is 0 Å². The zero-order valence-electron chi connectivity index (χ0n) is 12.3. The first kappa shape index (κ1) is 14.1. The van der Waals surface area contributed by atoms with E-state index in [1.165, 1.54) is 0 Å². The van der Waals surface area contributed by atoms with Crippen molar-refractivity contribution in [3.63, 3.8) is 0 Å². The fourth-order valence-electron chi connectivity index (χ4n) is 3.46. The second-order valence-electron chi connectivity index (χ2n) is 6.21. The number of esters is 1. The molecule has 3 nitrogen and oxygen atoms in total. The third-order valence-electron chi connectivity index (χ3n) is 4.84. The minimum absolute atomic E-state index is 0.127. The number of ketones is 1. The Kier molecular flexibility index (Phi) is 3.66. The second kappa shape index (κ2) is 5.47. The van der Waals surface area contributed by atoms with Crippen LogP contribution in [0.3, 0.4) is 0 Å². The highest BCUT2D eigenvalue weighted by Gasteiger charge is 2.44. The van der Waals surface area contributed by atoms with Gasteiger partial charge in [-0.25, -0.2) is 4.79 Å². The molecule has 0 heterocycles. The van der Waals surface area contributed by atoms with Gasteiger partial charge in [0.2, 0.25) is 0 Å². The van der Waals surface area contributed by atoms with Crippen LogP contribution in [0.25, 0.3) is 0 Å². The van der Waals surface area contributed by atoms with Crippen LogP contribution in [0.4, 0.5) is 0 Å². The van der Waals surface area contributed by atoms with Gasteiger partial charge in [-0.3, -0.25) is 4.79 Å². The Morgan fingerprint density at radius 1 is 1.24 bits per heavy atom. The number of carbonyl (C=O) groups excluding carboxylic acids is 2. The molecular weight excluding hydrogens is 264 g/mol. The summed E-state index contributed by atoms with van der Waals surface area (Å²) in [5.74, 6) is -0.0579. The van der Waals surface area contributed by atoms with Crippen LogP contribution in [-0.4, -0.2) is 17.9 Å². The summed E-state index contributed by atoms with van der Waals surface area (Å²) in [5.41, 5.74) is 1.58. The number of ether oxygens (including phenoxy) is 1. The van der Waals surface area contributed by atoms with Gasteiger partial charge in [-0.2, -0.15) is 0 Å². The fourth-order valence-corrected chi connectivity index (χ4v) is 3.46. The third-order valence-corrected chi connectivity index (χ3v) is 4.84. The number of hydrogen-bond acceptors (Lipinski definition) is 3. The van der Waals surface area contributed by atoms with E-state index in [-0.39, 0.29) is 23.3 Å². The first-order valence-electron chi connectivity index (χ1n) is 7.59. The van der Waals surface area contributed by atoms with Gasteiger partial charge < -0.3 is 4.74 Å². The van der Waals surface area contributed by atoms with Gasteiger partial charge in [0, 0.05) is 11.8 Å². The molecule has 1 aromatic carbocycles. The van der Waals surface area contributed by atoms with E-state index in [0.717, 1.165) is 31.3 Å². The summed E-state index contributed by atoms with van der Waals surface area (Å²) < 4.78 is 5.79. The highest BCUT2D eigenvalue weighted by molar-refractivity contribution is 5.92. The lowest BCUT2D eigenvalue weighted by Crippen LogP contribution is -2.43. The number of rotatable bonds is 2. The predicted octanol–water partition coefficient (Wildman–Crippen LogP) is 3.69. The standard InChI is InChI=1S/C18H20O3/c1-18-11-10-15(19)12-14(18)8-5-9-16(18)21-17(20)13-6-3-2-4-7-13/h2-4,6-7,12,16H,5,8-11H2,1H3. The van der Waals surface area contributed by atoms with Crippen LogP contribution in [-0.2, 0) is 9.53 Å². The molecule has 0 aromatic heterocycles. The summed E-state index contributed by atoms with van der Waals surface area (Å²) in [6.07, 6.45) is 5.79. The summed E-state index contributed by atoms with van der Waals surface area (Å²) >= 11 is 0. The molecule has 110 valence electrons.